The van der Waals surface area contributed by atoms with E-state index in [0.29, 0.717) is 52.1 Å². The van der Waals surface area contributed by atoms with Gasteiger partial charge >= 0.3 is 0 Å². The number of methoxy groups -OCH3 is 1. The van der Waals surface area contributed by atoms with E-state index in [0.717, 1.165) is 5.56 Å². The molecule has 0 fully saturated rings. The van der Waals surface area contributed by atoms with E-state index in [1.165, 1.54) is 18.0 Å². The summed E-state index contributed by atoms with van der Waals surface area (Å²) in [5.74, 6) is 1.20. The smallest absolute Gasteiger partial charge is 0.137 e. The quantitative estimate of drug-likeness (QED) is 0.415. The van der Waals surface area contributed by atoms with Crippen LogP contribution in [0.4, 0.5) is 0 Å². The summed E-state index contributed by atoms with van der Waals surface area (Å²) in [5, 5.41) is 19.8. The van der Waals surface area contributed by atoms with E-state index in [-0.39, 0.29) is 0 Å². The largest absolute Gasteiger partial charge is 0.490 e. The van der Waals surface area contributed by atoms with Crippen molar-refractivity contribution in [1.82, 2.24) is 15.0 Å². The van der Waals surface area contributed by atoms with Gasteiger partial charge in [-0.15, -0.1) is 11.8 Å². The maximum atomic E-state index is 9.78. The molecule has 8 heteroatoms. The van der Waals surface area contributed by atoms with E-state index in [1.807, 2.05) is 12.1 Å². The van der Waals surface area contributed by atoms with Gasteiger partial charge in [0.2, 0.25) is 0 Å². The molecule has 0 aromatic carbocycles. The second-order valence-corrected chi connectivity index (χ2v) is 6.79. The molecule has 0 amide bonds. The van der Waals surface area contributed by atoms with Crippen LogP contribution in [0.2, 0.25) is 0 Å². The van der Waals surface area contributed by atoms with Crippen molar-refractivity contribution in [3.63, 3.8) is 0 Å². The maximum absolute atomic E-state index is 9.78. The Hall–Kier alpha value is -3.46. The molecule has 0 aliphatic heterocycles. The Morgan fingerprint density at radius 2 is 1.93 bits per heavy atom. The molecule has 0 bridgehead atoms. The minimum absolute atomic E-state index is 0.299. The highest BCUT2D eigenvalue weighted by atomic mass is 32.2. The second-order valence-electron chi connectivity index (χ2n) is 5.82. The molecule has 3 rings (SSSR count). The number of hydrogen-bond acceptors (Lipinski definition) is 8. The molecule has 0 aliphatic carbocycles. The highest BCUT2D eigenvalue weighted by molar-refractivity contribution is 7.98. The fourth-order valence-electron chi connectivity index (χ4n) is 2.55. The average Bonchev–Trinajstić information content (AvgIpc) is 2.78. The number of aromatic nitrogens is 3. The van der Waals surface area contributed by atoms with Crippen LogP contribution < -0.4 is 4.74 Å². The zero-order valence-corrected chi connectivity index (χ0v) is 16.5. The summed E-state index contributed by atoms with van der Waals surface area (Å²) in [7, 11) is 1.60. The summed E-state index contributed by atoms with van der Waals surface area (Å²) < 4.78 is 10.5. The highest BCUT2D eigenvalue weighted by Gasteiger charge is 2.18. The van der Waals surface area contributed by atoms with Crippen LogP contribution in [0.25, 0.3) is 11.3 Å². The van der Waals surface area contributed by atoms with Crippen molar-refractivity contribution in [1.29, 1.82) is 10.5 Å². The molecule has 3 aromatic heterocycles. The first-order valence-electron chi connectivity index (χ1n) is 8.70. The van der Waals surface area contributed by atoms with Crippen LogP contribution in [0.3, 0.4) is 0 Å². The average molecular weight is 403 g/mol. The summed E-state index contributed by atoms with van der Waals surface area (Å²) in [6.45, 7) is 0.885. The predicted octanol–water partition coefficient (Wildman–Crippen LogP) is 3.60. The Kier molecular flexibility index (Phi) is 7.12. The van der Waals surface area contributed by atoms with Gasteiger partial charge in [-0.25, -0.2) is 4.98 Å². The number of ether oxygens (including phenoxy) is 2. The number of hydrogen-bond donors (Lipinski definition) is 0. The van der Waals surface area contributed by atoms with Crippen LogP contribution in [0, 0.1) is 22.7 Å². The summed E-state index contributed by atoms with van der Waals surface area (Å²) >= 11 is 1.42. The van der Waals surface area contributed by atoms with Gasteiger partial charge in [-0.1, -0.05) is 6.07 Å². The van der Waals surface area contributed by atoms with E-state index >= 15 is 0 Å². The number of nitriles is 2. The monoisotopic (exact) mass is 403 g/mol. The van der Waals surface area contributed by atoms with Crippen LogP contribution in [-0.4, -0.2) is 35.3 Å². The van der Waals surface area contributed by atoms with E-state index in [4.69, 9.17) is 9.47 Å². The molecule has 7 nitrogen and oxygen atoms in total. The maximum Gasteiger partial charge on any atom is 0.137 e. The topological polar surface area (TPSA) is 105 Å². The number of rotatable bonds is 8. The van der Waals surface area contributed by atoms with Gasteiger partial charge in [-0.3, -0.25) is 9.97 Å². The number of pyridine rings is 3. The van der Waals surface area contributed by atoms with Gasteiger partial charge < -0.3 is 9.47 Å². The molecule has 3 heterocycles. The van der Waals surface area contributed by atoms with Gasteiger partial charge in [0.25, 0.3) is 0 Å². The lowest BCUT2D eigenvalue weighted by atomic mass is 10.0. The summed E-state index contributed by atoms with van der Waals surface area (Å²) in [4.78, 5) is 12.8. The van der Waals surface area contributed by atoms with Crippen molar-refractivity contribution >= 4 is 11.8 Å². The summed E-state index contributed by atoms with van der Waals surface area (Å²) in [6, 6.07) is 11.6. The molecule has 0 aliphatic rings. The lowest BCUT2D eigenvalue weighted by molar-refractivity contribution is 0.146. The molecule has 0 N–H and O–H groups in total. The molecule has 0 radical (unpaired) electrons. The fraction of sp³-hybridized carbons (Fsp3) is 0.190. The molecule has 0 spiro atoms. The van der Waals surface area contributed by atoms with Crippen molar-refractivity contribution in [2.45, 2.75) is 10.8 Å². The fourth-order valence-corrected chi connectivity index (χ4v) is 3.44. The zero-order chi connectivity index (χ0) is 20.5. The standard InChI is InChI=1S/C21H17N5O2S/c1-27-7-8-28-17-4-5-19(25-13-17)20-16(9-22)12-26-21(18(20)10-23)29-14-15-3-2-6-24-11-15/h2-6,11-13H,7-8,14H2,1H3. The summed E-state index contributed by atoms with van der Waals surface area (Å²) in [6.07, 6.45) is 6.53. The molecule has 0 saturated carbocycles. The van der Waals surface area contributed by atoms with E-state index in [2.05, 4.69) is 27.1 Å². The minimum Gasteiger partial charge on any atom is -0.490 e. The summed E-state index contributed by atoms with van der Waals surface area (Å²) in [5.41, 5.74) is 2.64. The van der Waals surface area contributed by atoms with E-state index in [9.17, 15) is 10.5 Å². The van der Waals surface area contributed by atoms with Gasteiger partial charge in [-0.05, 0) is 23.8 Å². The molecule has 29 heavy (non-hydrogen) atoms. The third-order valence-corrected chi connectivity index (χ3v) is 4.98. The normalized spacial score (nSPS) is 10.2. The Morgan fingerprint density at radius 3 is 2.59 bits per heavy atom. The van der Waals surface area contributed by atoms with Crippen LogP contribution in [0.1, 0.15) is 16.7 Å². The SMILES string of the molecule is COCCOc1ccc(-c2c(C#N)cnc(SCc3cccnc3)c2C#N)nc1. The van der Waals surface area contributed by atoms with Crippen molar-refractivity contribution in [2.24, 2.45) is 0 Å². The number of thioether (sulfide) groups is 1. The van der Waals surface area contributed by atoms with E-state index < -0.39 is 0 Å². The third kappa shape index (κ3) is 5.08. The van der Waals surface area contributed by atoms with Gasteiger partial charge in [0.15, 0.2) is 0 Å². The van der Waals surface area contributed by atoms with Crippen LogP contribution in [0.5, 0.6) is 5.75 Å². The minimum atomic E-state index is 0.299. The second kappa shape index (κ2) is 10.2. The molecule has 0 unspecified atom stereocenters. The van der Waals surface area contributed by atoms with E-state index in [1.54, 1.807) is 37.8 Å². The predicted molar refractivity (Wildman–Crippen MR) is 108 cm³/mol. The van der Waals surface area contributed by atoms with Crippen LogP contribution in [-0.2, 0) is 10.5 Å². The van der Waals surface area contributed by atoms with Crippen molar-refractivity contribution in [3.8, 4) is 29.1 Å². The number of nitrogens with zero attached hydrogens (tertiary/aromatic N) is 5. The first kappa shape index (κ1) is 20.3. The van der Waals surface area contributed by atoms with Gasteiger partial charge in [0.1, 0.15) is 29.5 Å². The Balaban J connectivity index is 1.90. The molecular formula is C21H17N5O2S. The van der Waals surface area contributed by atoms with Crippen molar-refractivity contribution < 1.29 is 9.47 Å². The molecular weight excluding hydrogens is 386 g/mol. The van der Waals surface area contributed by atoms with Crippen LogP contribution in [0.15, 0.2) is 54.1 Å². The van der Waals surface area contributed by atoms with Gasteiger partial charge in [-0.2, -0.15) is 10.5 Å². The molecule has 0 atom stereocenters. The Morgan fingerprint density at radius 1 is 1.03 bits per heavy atom. The molecule has 144 valence electrons. The first-order chi connectivity index (χ1) is 14.3. The third-order valence-electron chi connectivity index (χ3n) is 3.92. The zero-order valence-electron chi connectivity index (χ0n) is 15.7. The van der Waals surface area contributed by atoms with Gasteiger partial charge in [0.05, 0.1) is 29.6 Å². The lowest BCUT2D eigenvalue weighted by Gasteiger charge is -2.11. The van der Waals surface area contributed by atoms with Crippen LogP contribution >= 0.6 is 11.8 Å². The Bertz CT molecular complexity index is 1040. The van der Waals surface area contributed by atoms with Gasteiger partial charge in [0, 0.05) is 37.0 Å². The molecule has 3 aromatic rings. The first-order valence-corrected chi connectivity index (χ1v) is 9.68. The lowest BCUT2D eigenvalue weighted by Crippen LogP contribution is -2.04. The van der Waals surface area contributed by atoms with Crippen molar-refractivity contribution in [2.75, 3.05) is 20.3 Å². The molecule has 0 saturated heterocycles. The Labute approximate surface area is 173 Å². The van der Waals surface area contributed by atoms with Crippen molar-refractivity contribution in [3.05, 3.63) is 65.7 Å². The highest BCUT2D eigenvalue weighted by Crippen LogP contribution is 2.33.